The Morgan fingerprint density at radius 2 is 2.21 bits per heavy atom. The molecule has 3 heterocycles. The van der Waals surface area contributed by atoms with Crippen LogP contribution in [-0.2, 0) is 11.2 Å². The van der Waals surface area contributed by atoms with E-state index in [2.05, 4.69) is 15.1 Å². The molecule has 0 amide bonds. The van der Waals surface area contributed by atoms with Crippen LogP contribution in [0.4, 0.5) is 0 Å². The number of nitrogens with one attached hydrogen (secondary N) is 1. The Kier molecular flexibility index (Phi) is 4.30. The molecule has 24 heavy (non-hydrogen) atoms. The molecule has 0 atom stereocenters. The highest BCUT2D eigenvalue weighted by Crippen LogP contribution is 2.25. The van der Waals surface area contributed by atoms with Crippen LogP contribution in [-0.4, -0.2) is 34.0 Å². The van der Waals surface area contributed by atoms with Crippen LogP contribution in [0.25, 0.3) is 10.7 Å². The second kappa shape index (κ2) is 6.40. The van der Waals surface area contributed by atoms with Gasteiger partial charge in [0.05, 0.1) is 29.7 Å². The summed E-state index contributed by atoms with van der Waals surface area (Å²) in [6.07, 6.45) is 0.205. The van der Waals surface area contributed by atoms with E-state index < -0.39 is 5.97 Å². The van der Waals surface area contributed by atoms with Crippen molar-refractivity contribution in [2.75, 3.05) is 7.11 Å². The summed E-state index contributed by atoms with van der Waals surface area (Å²) in [5.41, 5.74) is 1.79. The van der Waals surface area contributed by atoms with Crippen molar-refractivity contribution in [2.45, 2.75) is 20.3 Å². The van der Waals surface area contributed by atoms with Crippen LogP contribution in [0.15, 0.2) is 22.0 Å². The summed E-state index contributed by atoms with van der Waals surface area (Å²) in [7, 11) is 1.30. The van der Waals surface area contributed by atoms with E-state index in [0.717, 1.165) is 4.88 Å². The normalized spacial score (nSPS) is 10.8. The number of esters is 1. The summed E-state index contributed by atoms with van der Waals surface area (Å²) in [6.45, 7) is 3.14. The van der Waals surface area contributed by atoms with Gasteiger partial charge in [0, 0.05) is 12.6 Å². The number of aromatic amines is 1. The Bertz CT molecular complexity index is 893. The van der Waals surface area contributed by atoms with Gasteiger partial charge < -0.3 is 14.2 Å². The molecule has 0 aromatic carbocycles. The summed E-state index contributed by atoms with van der Waals surface area (Å²) in [6, 6.07) is 3.80. The second-order valence-corrected chi connectivity index (χ2v) is 6.14. The maximum Gasteiger partial charge on any atom is 0.339 e. The third-order valence-corrected chi connectivity index (χ3v) is 4.47. The average Bonchev–Trinajstić information content (AvgIpc) is 3.27. The average molecular weight is 345 g/mol. The Labute approximate surface area is 141 Å². The third kappa shape index (κ3) is 2.88. The van der Waals surface area contributed by atoms with Gasteiger partial charge in [-0.25, -0.2) is 4.79 Å². The van der Waals surface area contributed by atoms with E-state index in [9.17, 15) is 9.59 Å². The number of methoxy groups -OCH3 is 1. The number of ether oxygens (including phenoxy) is 1. The zero-order valence-corrected chi connectivity index (χ0v) is 14.2. The van der Waals surface area contributed by atoms with Crippen molar-refractivity contribution in [3.63, 3.8) is 0 Å². The first-order chi connectivity index (χ1) is 11.5. The minimum absolute atomic E-state index is 0.159. The first-order valence-corrected chi connectivity index (χ1v) is 8.06. The Morgan fingerprint density at radius 1 is 1.42 bits per heavy atom. The molecular formula is C16H15N3O4S. The van der Waals surface area contributed by atoms with Gasteiger partial charge in [0.2, 0.25) is 11.7 Å². The minimum atomic E-state index is -0.510. The minimum Gasteiger partial charge on any atom is -0.465 e. The van der Waals surface area contributed by atoms with Gasteiger partial charge in [0.15, 0.2) is 5.78 Å². The molecule has 0 aliphatic heterocycles. The van der Waals surface area contributed by atoms with E-state index in [4.69, 9.17) is 9.26 Å². The lowest BCUT2D eigenvalue weighted by atomic mass is 10.1. The summed E-state index contributed by atoms with van der Waals surface area (Å²) < 4.78 is 10.1. The highest BCUT2D eigenvalue weighted by Gasteiger charge is 2.24. The van der Waals surface area contributed by atoms with E-state index in [1.165, 1.54) is 25.4 Å². The van der Waals surface area contributed by atoms with Crippen LogP contribution < -0.4 is 0 Å². The molecule has 3 aromatic heterocycles. The molecule has 0 aliphatic rings. The molecule has 0 spiro atoms. The molecule has 8 heteroatoms. The number of H-pyrrole nitrogens is 1. The largest absolute Gasteiger partial charge is 0.465 e. The number of carbonyl (C=O) groups excluding carboxylic acids is 2. The number of carbonyl (C=O) groups is 2. The fraction of sp³-hybridized carbons (Fsp3) is 0.250. The summed E-state index contributed by atoms with van der Waals surface area (Å²) in [5, 5.41) is 5.87. The highest BCUT2D eigenvalue weighted by molar-refractivity contribution is 7.13. The second-order valence-electron chi connectivity index (χ2n) is 5.19. The number of nitrogens with zero attached hydrogens (tertiary/aromatic N) is 2. The molecule has 0 bridgehead atoms. The molecular weight excluding hydrogens is 330 g/mol. The van der Waals surface area contributed by atoms with E-state index in [1.54, 1.807) is 6.92 Å². The fourth-order valence-electron chi connectivity index (χ4n) is 2.51. The third-order valence-electron chi connectivity index (χ3n) is 3.61. The van der Waals surface area contributed by atoms with E-state index >= 15 is 0 Å². The van der Waals surface area contributed by atoms with E-state index in [1.807, 2.05) is 17.5 Å². The Balaban J connectivity index is 1.96. The van der Waals surface area contributed by atoms with Crippen molar-refractivity contribution in [1.29, 1.82) is 0 Å². The Morgan fingerprint density at radius 3 is 2.83 bits per heavy atom. The van der Waals surface area contributed by atoms with Gasteiger partial charge >= 0.3 is 5.97 Å². The van der Waals surface area contributed by atoms with Gasteiger partial charge in [-0.3, -0.25) is 4.79 Å². The summed E-state index contributed by atoms with van der Waals surface area (Å²) in [5.74, 6) is 0.174. The van der Waals surface area contributed by atoms with E-state index in [0.29, 0.717) is 34.2 Å². The number of ketones is 1. The lowest BCUT2D eigenvalue weighted by Gasteiger charge is -2.01. The standard InChI is InChI=1S/C16H15N3O4S/c1-8-13(16(21)22-3)10(17-14(8)9(2)20)7-12-18-15(19-23-12)11-5-4-6-24-11/h4-6,17H,7H2,1-3H3. The van der Waals surface area contributed by atoms with E-state index in [-0.39, 0.29) is 12.2 Å². The monoisotopic (exact) mass is 345 g/mol. The fourth-order valence-corrected chi connectivity index (χ4v) is 3.15. The van der Waals surface area contributed by atoms with Crippen molar-refractivity contribution >= 4 is 23.1 Å². The quantitative estimate of drug-likeness (QED) is 0.564. The number of thiophene rings is 1. The lowest BCUT2D eigenvalue weighted by molar-refractivity contribution is 0.0599. The van der Waals surface area contributed by atoms with Crippen molar-refractivity contribution in [3.05, 3.63) is 45.9 Å². The highest BCUT2D eigenvalue weighted by atomic mass is 32.1. The molecule has 0 aliphatic carbocycles. The summed E-state index contributed by atoms with van der Waals surface area (Å²) in [4.78, 5) is 32.0. The predicted octanol–water partition coefficient (Wildman–Crippen LogP) is 3.01. The van der Waals surface area contributed by atoms with Crippen molar-refractivity contribution < 1.29 is 18.8 Å². The van der Waals surface area contributed by atoms with Crippen LogP contribution in [0.3, 0.4) is 0 Å². The molecule has 0 saturated carbocycles. The predicted molar refractivity (Wildman–Crippen MR) is 87.3 cm³/mol. The molecule has 0 radical (unpaired) electrons. The zero-order valence-electron chi connectivity index (χ0n) is 13.4. The van der Waals surface area contributed by atoms with Crippen molar-refractivity contribution in [1.82, 2.24) is 15.1 Å². The van der Waals surface area contributed by atoms with Crippen LogP contribution in [0, 0.1) is 6.92 Å². The van der Waals surface area contributed by atoms with Crippen LogP contribution in [0.1, 0.15) is 44.9 Å². The zero-order chi connectivity index (χ0) is 17.3. The van der Waals surface area contributed by atoms with Crippen LogP contribution in [0.2, 0.25) is 0 Å². The summed E-state index contributed by atoms with van der Waals surface area (Å²) >= 11 is 1.51. The van der Waals surface area contributed by atoms with Crippen LogP contribution in [0.5, 0.6) is 0 Å². The topological polar surface area (TPSA) is 98.1 Å². The molecule has 0 saturated heterocycles. The number of aromatic nitrogens is 3. The van der Waals surface area contributed by atoms with Gasteiger partial charge in [0.25, 0.3) is 0 Å². The molecule has 0 unspecified atom stereocenters. The molecule has 7 nitrogen and oxygen atoms in total. The first kappa shape index (κ1) is 16.1. The smallest absolute Gasteiger partial charge is 0.339 e. The molecule has 124 valence electrons. The Hall–Kier alpha value is -2.74. The lowest BCUT2D eigenvalue weighted by Crippen LogP contribution is -2.06. The van der Waals surface area contributed by atoms with Gasteiger partial charge in [0.1, 0.15) is 0 Å². The number of rotatable bonds is 5. The maximum absolute atomic E-state index is 12.1. The molecule has 3 rings (SSSR count). The van der Waals surface area contributed by atoms with Gasteiger partial charge in [-0.05, 0) is 23.9 Å². The first-order valence-electron chi connectivity index (χ1n) is 7.18. The van der Waals surface area contributed by atoms with Gasteiger partial charge in [-0.15, -0.1) is 11.3 Å². The number of hydrogen-bond acceptors (Lipinski definition) is 7. The molecule has 1 N–H and O–H groups in total. The maximum atomic E-state index is 12.1. The van der Waals surface area contributed by atoms with Crippen LogP contribution >= 0.6 is 11.3 Å². The van der Waals surface area contributed by atoms with Crippen molar-refractivity contribution in [2.24, 2.45) is 0 Å². The van der Waals surface area contributed by atoms with Crippen molar-refractivity contribution in [3.8, 4) is 10.7 Å². The molecule has 3 aromatic rings. The number of hydrogen-bond donors (Lipinski definition) is 1. The number of Topliss-reactive ketones (excluding diaryl/α,β-unsaturated/α-hetero) is 1. The van der Waals surface area contributed by atoms with Gasteiger partial charge in [-0.2, -0.15) is 4.98 Å². The SMILES string of the molecule is COC(=O)c1c(Cc2nc(-c3cccs3)no2)[nH]c(C(C)=O)c1C. The van der Waals surface area contributed by atoms with Gasteiger partial charge in [-0.1, -0.05) is 11.2 Å². The molecule has 0 fully saturated rings.